The predicted molar refractivity (Wildman–Crippen MR) is 85.3 cm³/mol. The Kier molecular flexibility index (Phi) is 4.21. The summed E-state index contributed by atoms with van der Waals surface area (Å²) in [6.07, 6.45) is 0. The molecule has 0 aliphatic heterocycles. The third kappa shape index (κ3) is 3.35. The molecule has 0 atom stereocenters. The highest BCUT2D eigenvalue weighted by molar-refractivity contribution is 9.10. The van der Waals surface area contributed by atoms with Crippen LogP contribution in [0.5, 0.6) is 0 Å². The van der Waals surface area contributed by atoms with Gasteiger partial charge in [-0.15, -0.1) is 0 Å². The molecule has 0 spiro atoms. The van der Waals surface area contributed by atoms with Gasteiger partial charge in [0.15, 0.2) is 0 Å². The first-order valence-corrected chi connectivity index (χ1v) is 8.20. The molecule has 108 valence electrons. The van der Waals surface area contributed by atoms with Gasteiger partial charge in [-0.05, 0) is 42.8 Å². The Bertz CT molecular complexity index is 842. The lowest BCUT2D eigenvalue weighted by Crippen LogP contribution is -2.14. The second-order valence-electron chi connectivity index (χ2n) is 4.43. The smallest absolute Gasteiger partial charge is 0.262 e. The van der Waals surface area contributed by atoms with Crippen LogP contribution in [-0.4, -0.2) is 8.42 Å². The van der Waals surface area contributed by atoms with Crippen molar-refractivity contribution in [2.45, 2.75) is 11.8 Å². The van der Waals surface area contributed by atoms with E-state index in [1.165, 1.54) is 18.2 Å². The fourth-order valence-corrected chi connectivity index (χ4v) is 3.16. The maximum absolute atomic E-state index is 12.3. The van der Waals surface area contributed by atoms with Gasteiger partial charge < -0.3 is 5.73 Å². The van der Waals surface area contributed by atoms with Gasteiger partial charge in [0.25, 0.3) is 10.0 Å². The number of nitrogens with zero attached hydrogens (tertiary/aromatic N) is 1. The Morgan fingerprint density at radius 2 is 1.95 bits per heavy atom. The molecule has 0 heterocycles. The van der Waals surface area contributed by atoms with Crippen LogP contribution in [0.25, 0.3) is 0 Å². The Hall–Kier alpha value is -2.04. The first-order valence-electron chi connectivity index (χ1n) is 5.92. The summed E-state index contributed by atoms with van der Waals surface area (Å²) in [5.74, 6) is 0. The van der Waals surface area contributed by atoms with Gasteiger partial charge in [-0.3, -0.25) is 4.72 Å². The maximum atomic E-state index is 12.3. The van der Waals surface area contributed by atoms with E-state index in [4.69, 9.17) is 11.0 Å². The van der Waals surface area contributed by atoms with E-state index in [2.05, 4.69) is 20.7 Å². The molecule has 0 saturated carbocycles. The van der Waals surface area contributed by atoms with Crippen molar-refractivity contribution in [1.29, 1.82) is 5.26 Å². The summed E-state index contributed by atoms with van der Waals surface area (Å²) < 4.78 is 27.8. The topological polar surface area (TPSA) is 96.0 Å². The fourth-order valence-electron chi connectivity index (χ4n) is 1.69. The highest BCUT2D eigenvalue weighted by Crippen LogP contribution is 2.24. The third-order valence-electron chi connectivity index (χ3n) is 2.91. The number of anilines is 2. The first-order chi connectivity index (χ1) is 9.83. The van der Waals surface area contributed by atoms with Crippen LogP contribution >= 0.6 is 15.9 Å². The van der Waals surface area contributed by atoms with Gasteiger partial charge in [0.05, 0.1) is 16.1 Å². The van der Waals surface area contributed by atoms with Crippen molar-refractivity contribution >= 4 is 37.3 Å². The molecule has 2 aromatic carbocycles. The maximum Gasteiger partial charge on any atom is 0.262 e. The molecular weight excluding hydrogens is 354 g/mol. The zero-order valence-electron chi connectivity index (χ0n) is 11.1. The van der Waals surface area contributed by atoms with E-state index < -0.39 is 10.0 Å². The average molecular weight is 366 g/mol. The van der Waals surface area contributed by atoms with E-state index in [1.54, 1.807) is 25.1 Å². The molecule has 7 heteroatoms. The zero-order valence-corrected chi connectivity index (χ0v) is 13.5. The first kappa shape index (κ1) is 15.4. The lowest BCUT2D eigenvalue weighted by molar-refractivity contribution is 0.601. The minimum Gasteiger partial charge on any atom is -0.398 e. The van der Waals surface area contributed by atoms with Crippen LogP contribution in [0.4, 0.5) is 11.4 Å². The molecule has 2 rings (SSSR count). The van der Waals surface area contributed by atoms with Crippen molar-refractivity contribution in [3.8, 4) is 6.07 Å². The Morgan fingerprint density at radius 1 is 1.24 bits per heavy atom. The van der Waals surface area contributed by atoms with Crippen molar-refractivity contribution < 1.29 is 8.42 Å². The number of nitriles is 1. The lowest BCUT2D eigenvalue weighted by atomic mass is 10.2. The summed E-state index contributed by atoms with van der Waals surface area (Å²) in [4.78, 5) is 0.0532. The van der Waals surface area contributed by atoms with Crippen LogP contribution in [0.2, 0.25) is 0 Å². The molecule has 0 aliphatic carbocycles. The molecule has 21 heavy (non-hydrogen) atoms. The van der Waals surface area contributed by atoms with Gasteiger partial charge in [0.1, 0.15) is 6.07 Å². The molecule has 0 amide bonds. The zero-order chi connectivity index (χ0) is 15.6. The van der Waals surface area contributed by atoms with E-state index >= 15 is 0 Å². The molecule has 0 aromatic heterocycles. The molecule has 0 radical (unpaired) electrons. The average Bonchev–Trinajstić information content (AvgIpc) is 2.43. The lowest BCUT2D eigenvalue weighted by Gasteiger charge is -2.11. The van der Waals surface area contributed by atoms with E-state index in [0.29, 0.717) is 10.2 Å². The SMILES string of the molecule is Cc1ccc(S(=O)(=O)Nc2ccc(Br)cc2C#N)cc1N. The fraction of sp³-hybridized carbons (Fsp3) is 0.0714. The number of halogens is 1. The predicted octanol–water partition coefficient (Wildman–Crippen LogP) is 3.01. The highest BCUT2D eigenvalue weighted by atomic mass is 79.9. The quantitative estimate of drug-likeness (QED) is 0.817. The van der Waals surface area contributed by atoms with Gasteiger partial charge in [-0.25, -0.2) is 8.42 Å². The van der Waals surface area contributed by atoms with Gasteiger partial charge in [-0.2, -0.15) is 5.26 Å². The molecule has 0 bridgehead atoms. The Morgan fingerprint density at radius 3 is 2.57 bits per heavy atom. The van der Waals surface area contributed by atoms with Crippen molar-refractivity contribution in [3.05, 3.63) is 52.0 Å². The van der Waals surface area contributed by atoms with Crippen molar-refractivity contribution in [2.24, 2.45) is 0 Å². The number of hydrogen-bond acceptors (Lipinski definition) is 4. The standard InChI is InChI=1S/C14H12BrN3O2S/c1-9-2-4-12(7-13(9)17)21(19,20)18-14-5-3-11(15)6-10(14)8-16/h2-7,18H,17H2,1H3. The summed E-state index contributed by atoms with van der Waals surface area (Å²) in [5, 5.41) is 9.07. The van der Waals surface area contributed by atoms with Crippen LogP contribution in [0.15, 0.2) is 45.8 Å². The summed E-state index contributed by atoms with van der Waals surface area (Å²) in [6.45, 7) is 1.79. The monoisotopic (exact) mass is 365 g/mol. The largest absolute Gasteiger partial charge is 0.398 e. The van der Waals surface area contributed by atoms with Gasteiger partial charge in [0.2, 0.25) is 0 Å². The molecule has 5 nitrogen and oxygen atoms in total. The molecule has 0 saturated heterocycles. The highest BCUT2D eigenvalue weighted by Gasteiger charge is 2.17. The van der Waals surface area contributed by atoms with E-state index in [9.17, 15) is 8.42 Å². The Balaban J connectivity index is 2.42. The number of benzene rings is 2. The number of sulfonamides is 1. The van der Waals surface area contributed by atoms with E-state index in [-0.39, 0.29) is 16.1 Å². The van der Waals surface area contributed by atoms with Gasteiger partial charge in [0, 0.05) is 10.2 Å². The van der Waals surface area contributed by atoms with Crippen LogP contribution in [0, 0.1) is 18.3 Å². The summed E-state index contributed by atoms with van der Waals surface area (Å²) in [7, 11) is -3.79. The van der Waals surface area contributed by atoms with Crippen LogP contribution in [0.1, 0.15) is 11.1 Å². The number of hydrogen-bond donors (Lipinski definition) is 2. The minimum atomic E-state index is -3.79. The number of aryl methyl sites for hydroxylation is 1. The molecular formula is C14H12BrN3O2S. The number of rotatable bonds is 3. The minimum absolute atomic E-state index is 0.0532. The van der Waals surface area contributed by atoms with E-state index in [0.717, 1.165) is 5.56 Å². The number of nitrogen functional groups attached to an aromatic ring is 1. The molecule has 0 fully saturated rings. The summed E-state index contributed by atoms with van der Waals surface area (Å²) in [5.41, 5.74) is 7.39. The van der Waals surface area contributed by atoms with Crippen LogP contribution < -0.4 is 10.5 Å². The Labute approximate surface area is 131 Å². The van der Waals surface area contributed by atoms with Gasteiger partial charge in [-0.1, -0.05) is 22.0 Å². The molecule has 0 unspecified atom stereocenters. The second-order valence-corrected chi connectivity index (χ2v) is 7.02. The van der Waals surface area contributed by atoms with Crippen molar-refractivity contribution in [2.75, 3.05) is 10.5 Å². The molecule has 3 N–H and O–H groups in total. The van der Waals surface area contributed by atoms with E-state index in [1.807, 2.05) is 6.07 Å². The van der Waals surface area contributed by atoms with Crippen molar-refractivity contribution in [3.63, 3.8) is 0 Å². The molecule has 2 aromatic rings. The third-order valence-corrected chi connectivity index (χ3v) is 4.76. The van der Waals surface area contributed by atoms with Gasteiger partial charge >= 0.3 is 0 Å². The molecule has 0 aliphatic rings. The summed E-state index contributed by atoms with van der Waals surface area (Å²) >= 11 is 3.23. The normalized spacial score (nSPS) is 10.9. The number of nitrogens with two attached hydrogens (primary N) is 1. The van der Waals surface area contributed by atoms with Crippen LogP contribution in [-0.2, 0) is 10.0 Å². The number of nitrogens with one attached hydrogen (secondary N) is 1. The second kappa shape index (κ2) is 5.76. The summed E-state index contributed by atoms with van der Waals surface area (Å²) in [6, 6.07) is 11.2. The van der Waals surface area contributed by atoms with Crippen molar-refractivity contribution in [1.82, 2.24) is 0 Å². The van der Waals surface area contributed by atoms with Crippen LogP contribution in [0.3, 0.4) is 0 Å².